The lowest BCUT2D eigenvalue weighted by Crippen LogP contribution is -2.43. The first-order valence-electron chi connectivity index (χ1n) is 7.43. The summed E-state index contributed by atoms with van der Waals surface area (Å²) in [5.74, 6) is 0.627. The Morgan fingerprint density at radius 1 is 1.14 bits per heavy atom. The molecule has 1 aliphatic heterocycles. The standard InChI is InChI=1S/C17H20N2OS/c20-17(19-15-7-9-18-10-8-15)12-21-16-6-5-13-3-1-2-4-14(13)11-16/h1-6,11,15,18H,7-10,12H2,(H,19,20). The van der Waals surface area contributed by atoms with Crippen LogP contribution in [0.4, 0.5) is 0 Å². The van der Waals surface area contributed by atoms with Gasteiger partial charge in [0.05, 0.1) is 5.75 Å². The maximum atomic E-state index is 12.0. The first-order valence-corrected chi connectivity index (χ1v) is 8.41. The molecule has 0 saturated carbocycles. The van der Waals surface area contributed by atoms with Crippen LogP contribution < -0.4 is 10.6 Å². The molecule has 21 heavy (non-hydrogen) atoms. The van der Waals surface area contributed by atoms with Crippen molar-refractivity contribution in [2.75, 3.05) is 18.8 Å². The Morgan fingerprint density at radius 2 is 1.90 bits per heavy atom. The van der Waals surface area contributed by atoms with Crippen molar-refractivity contribution >= 4 is 28.4 Å². The first-order chi connectivity index (χ1) is 10.3. The largest absolute Gasteiger partial charge is 0.353 e. The Morgan fingerprint density at radius 3 is 2.71 bits per heavy atom. The highest BCUT2D eigenvalue weighted by atomic mass is 32.2. The molecule has 0 atom stereocenters. The minimum atomic E-state index is 0.139. The van der Waals surface area contributed by atoms with Crippen LogP contribution in [0, 0.1) is 0 Å². The van der Waals surface area contributed by atoms with Gasteiger partial charge in [-0.25, -0.2) is 0 Å². The molecular formula is C17H20N2OS. The number of amides is 1. The Bertz CT molecular complexity index is 623. The summed E-state index contributed by atoms with van der Waals surface area (Å²) in [6, 6.07) is 15.0. The third kappa shape index (κ3) is 3.99. The minimum absolute atomic E-state index is 0.139. The van der Waals surface area contributed by atoms with Crippen LogP contribution >= 0.6 is 11.8 Å². The van der Waals surface area contributed by atoms with E-state index in [1.165, 1.54) is 10.8 Å². The number of hydrogen-bond donors (Lipinski definition) is 2. The molecule has 2 aromatic carbocycles. The second-order valence-electron chi connectivity index (χ2n) is 5.39. The summed E-state index contributed by atoms with van der Waals surface area (Å²) in [5, 5.41) is 8.89. The SMILES string of the molecule is O=C(CSc1ccc2ccccc2c1)NC1CCNCC1. The van der Waals surface area contributed by atoms with Crippen LogP contribution in [0.15, 0.2) is 47.4 Å². The van der Waals surface area contributed by atoms with E-state index in [9.17, 15) is 4.79 Å². The summed E-state index contributed by atoms with van der Waals surface area (Å²) in [5.41, 5.74) is 0. The van der Waals surface area contributed by atoms with Crippen LogP contribution in [0.5, 0.6) is 0 Å². The van der Waals surface area contributed by atoms with Gasteiger partial charge in [-0.1, -0.05) is 30.3 Å². The average Bonchev–Trinajstić information content (AvgIpc) is 2.54. The molecule has 110 valence electrons. The van der Waals surface area contributed by atoms with E-state index in [4.69, 9.17) is 0 Å². The summed E-state index contributed by atoms with van der Waals surface area (Å²) in [4.78, 5) is 13.1. The van der Waals surface area contributed by atoms with E-state index >= 15 is 0 Å². The molecule has 2 N–H and O–H groups in total. The third-order valence-electron chi connectivity index (χ3n) is 3.80. The predicted octanol–water partition coefficient (Wildman–Crippen LogP) is 2.80. The molecule has 0 aliphatic carbocycles. The fourth-order valence-corrected chi connectivity index (χ4v) is 3.40. The molecule has 0 spiro atoms. The highest BCUT2D eigenvalue weighted by Crippen LogP contribution is 2.23. The third-order valence-corrected chi connectivity index (χ3v) is 4.79. The normalized spacial score (nSPS) is 16.0. The van der Waals surface area contributed by atoms with Crippen LogP contribution in [0.25, 0.3) is 10.8 Å². The van der Waals surface area contributed by atoms with Crippen molar-refractivity contribution in [3.63, 3.8) is 0 Å². The molecule has 1 amide bonds. The lowest BCUT2D eigenvalue weighted by molar-refractivity contribution is -0.119. The van der Waals surface area contributed by atoms with Crippen molar-refractivity contribution in [2.45, 2.75) is 23.8 Å². The van der Waals surface area contributed by atoms with E-state index in [0.717, 1.165) is 30.8 Å². The van der Waals surface area contributed by atoms with Gasteiger partial charge < -0.3 is 10.6 Å². The van der Waals surface area contributed by atoms with Crippen molar-refractivity contribution in [1.82, 2.24) is 10.6 Å². The number of rotatable bonds is 4. The lowest BCUT2D eigenvalue weighted by Gasteiger charge is -2.23. The van der Waals surface area contributed by atoms with Gasteiger partial charge >= 0.3 is 0 Å². The maximum Gasteiger partial charge on any atom is 0.230 e. The molecule has 3 nitrogen and oxygen atoms in total. The van der Waals surface area contributed by atoms with Gasteiger partial charge in [-0.05, 0) is 48.8 Å². The Kier molecular flexibility index (Phi) is 4.78. The van der Waals surface area contributed by atoms with Gasteiger partial charge in [-0.15, -0.1) is 11.8 Å². The molecule has 4 heteroatoms. The zero-order valence-electron chi connectivity index (χ0n) is 12.0. The number of carbonyl (C=O) groups excluding carboxylic acids is 1. The second-order valence-corrected chi connectivity index (χ2v) is 6.44. The lowest BCUT2D eigenvalue weighted by atomic mass is 10.1. The Labute approximate surface area is 129 Å². The van der Waals surface area contributed by atoms with Crippen LogP contribution in [0.3, 0.4) is 0 Å². The number of piperidine rings is 1. The van der Waals surface area contributed by atoms with Crippen molar-refractivity contribution in [3.05, 3.63) is 42.5 Å². The van der Waals surface area contributed by atoms with Crippen LogP contribution in [-0.2, 0) is 4.79 Å². The average molecular weight is 300 g/mol. The summed E-state index contributed by atoms with van der Waals surface area (Å²) in [7, 11) is 0. The summed E-state index contributed by atoms with van der Waals surface area (Å²) in [6.45, 7) is 2.01. The molecule has 2 aromatic rings. The van der Waals surface area contributed by atoms with E-state index in [2.05, 4.69) is 41.0 Å². The van der Waals surface area contributed by atoms with E-state index in [-0.39, 0.29) is 5.91 Å². The molecule has 1 aliphatic rings. The van der Waals surface area contributed by atoms with Crippen LogP contribution in [0.1, 0.15) is 12.8 Å². The number of thioether (sulfide) groups is 1. The monoisotopic (exact) mass is 300 g/mol. The molecule has 0 radical (unpaired) electrons. The first kappa shape index (κ1) is 14.4. The van der Waals surface area contributed by atoms with Gasteiger partial charge in [0.2, 0.25) is 5.91 Å². The topological polar surface area (TPSA) is 41.1 Å². The van der Waals surface area contributed by atoms with E-state index in [1.807, 2.05) is 12.1 Å². The molecular weight excluding hydrogens is 280 g/mol. The molecule has 1 fully saturated rings. The number of hydrogen-bond acceptors (Lipinski definition) is 3. The fraction of sp³-hybridized carbons (Fsp3) is 0.353. The molecule has 0 unspecified atom stereocenters. The minimum Gasteiger partial charge on any atom is -0.353 e. The van der Waals surface area contributed by atoms with Crippen LogP contribution in [0.2, 0.25) is 0 Å². The van der Waals surface area contributed by atoms with Crippen molar-refractivity contribution in [2.24, 2.45) is 0 Å². The van der Waals surface area contributed by atoms with Gasteiger partial charge in [0, 0.05) is 10.9 Å². The van der Waals surface area contributed by atoms with Crippen molar-refractivity contribution < 1.29 is 4.79 Å². The van der Waals surface area contributed by atoms with E-state index in [0.29, 0.717) is 11.8 Å². The Balaban J connectivity index is 1.54. The van der Waals surface area contributed by atoms with Crippen LogP contribution in [-0.4, -0.2) is 30.8 Å². The van der Waals surface area contributed by atoms with Gasteiger partial charge in [-0.2, -0.15) is 0 Å². The smallest absolute Gasteiger partial charge is 0.230 e. The maximum absolute atomic E-state index is 12.0. The molecule has 1 saturated heterocycles. The van der Waals surface area contributed by atoms with Gasteiger partial charge in [0.15, 0.2) is 0 Å². The Hall–Kier alpha value is -1.52. The zero-order valence-corrected chi connectivity index (χ0v) is 12.8. The van der Waals surface area contributed by atoms with Gasteiger partial charge in [0.25, 0.3) is 0 Å². The summed E-state index contributed by atoms with van der Waals surface area (Å²) < 4.78 is 0. The predicted molar refractivity (Wildman–Crippen MR) is 88.7 cm³/mol. The molecule has 0 aromatic heterocycles. The van der Waals surface area contributed by atoms with E-state index < -0.39 is 0 Å². The highest BCUT2D eigenvalue weighted by Gasteiger charge is 2.15. The second kappa shape index (κ2) is 6.96. The molecule has 0 bridgehead atoms. The summed E-state index contributed by atoms with van der Waals surface area (Å²) in [6.07, 6.45) is 2.07. The number of benzene rings is 2. The van der Waals surface area contributed by atoms with Crippen molar-refractivity contribution in [1.29, 1.82) is 0 Å². The number of carbonyl (C=O) groups is 1. The molecule has 1 heterocycles. The van der Waals surface area contributed by atoms with E-state index in [1.54, 1.807) is 11.8 Å². The fourth-order valence-electron chi connectivity index (χ4n) is 2.64. The van der Waals surface area contributed by atoms with Gasteiger partial charge in [-0.3, -0.25) is 4.79 Å². The van der Waals surface area contributed by atoms with Crippen molar-refractivity contribution in [3.8, 4) is 0 Å². The quantitative estimate of drug-likeness (QED) is 0.853. The zero-order chi connectivity index (χ0) is 14.5. The number of fused-ring (bicyclic) bond motifs is 1. The molecule has 3 rings (SSSR count). The van der Waals surface area contributed by atoms with Gasteiger partial charge in [0.1, 0.15) is 0 Å². The number of nitrogens with one attached hydrogen (secondary N) is 2. The summed E-state index contributed by atoms with van der Waals surface area (Å²) >= 11 is 1.60. The highest BCUT2D eigenvalue weighted by molar-refractivity contribution is 8.00.